The van der Waals surface area contributed by atoms with Gasteiger partial charge in [0.05, 0.1) is 6.26 Å². The third-order valence-electron chi connectivity index (χ3n) is 0.730. The molecule has 0 saturated carbocycles. The summed E-state index contributed by atoms with van der Waals surface area (Å²) >= 11 is 0. The minimum Gasteiger partial charge on any atom is -0.502 e. The first-order chi connectivity index (χ1) is 3.80. The number of hydrogen-bond acceptors (Lipinski definition) is 3. The van der Waals surface area contributed by atoms with E-state index in [1.807, 2.05) is 0 Å². The summed E-state index contributed by atoms with van der Waals surface area (Å²) in [5.74, 6) is -0.354. The van der Waals surface area contributed by atoms with Gasteiger partial charge in [-0.2, -0.15) is 0 Å². The van der Waals surface area contributed by atoms with Crippen molar-refractivity contribution in [3.05, 3.63) is 28.8 Å². The van der Waals surface area contributed by atoms with Crippen molar-refractivity contribution in [2.75, 3.05) is 0 Å². The molecule has 1 heterocycles. The van der Waals surface area contributed by atoms with E-state index in [1.165, 1.54) is 6.26 Å². The fourth-order valence-electron chi connectivity index (χ4n) is 0.348. The Morgan fingerprint density at radius 3 is 2.56 bits per heavy atom. The van der Waals surface area contributed by atoms with Crippen molar-refractivity contribution in [3.8, 4) is 5.75 Å². The van der Waals surface area contributed by atoms with Crippen LogP contribution in [0.5, 0.6) is 5.75 Å². The van der Waals surface area contributed by atoms with Crippen LogP contribution in [0, 0.1) is 0 Å². The summed E-state index contributed by atoms with van der Waals surface area (Å²) in [6, 6.07) is 1.15. The maximum absolute atomic E-state index is 10.3. The summed E-state index contributed by atoms with van der Waals surface area (Å²) in [5.41, 5.74) is -0.420. The topological polar surface area (TPSA) is 50.4 Å². The van der Waals surface area contributed by atoms with E-state index < -0.39 is 5.43 Å². The van der Waals surface area contributed by atoms with Crippen molar-refractivity contribution in [2.24, 2.45) is 0 Å². The van der Waals surface area contributed by atoms with Gasteiger partial charge < -0.3 is 9.52 Å². The van der Waals surface area contributed by atoms with Gasteiger partial charge in [-0.25, -0.2) is 0 Å². The van der Waals surface area contributed by atoms with Crippen LogP contribution in [0.25, 0.3) is 0 Å². The number of aromatic hydroxyl groups is 1. The molecule has 0 radical (unpaired) electrons. The van der Waals surface area contributed by atoms with Crippen LogP contribution in [-0.2, 0) is 17.1 Å². The summed E-state index contributed by atoms with van der Waals surface area (Å²) in [6.45, 7) is 0. The Balaban J connectivity index is 0.000000640. The van der Waals surface area contributed by atoms with Crippen molar-refractivity contribution >= 4 is 0 Å². The summed E-state index contributed by atoms with van der Waals surface area (Å²) in [5, 5.41) is 8.51. The molecule has 0 bridgehead atoms. The minimum atomic E-state index is -0.420. The van der Waals surface area contributed by atoms with Gasteiger partial charge in [0.15, 0.2) is 5.75 Å². The third kappa shape index (κ3) is 1.91. The Labute approximate surface area is 61.8 Å². The molecule has 9 heavy (non-hydrogen) atoms. The number of rotatable bonds is 0. The van der Waals surface area contributed by atoms with E-state index in [0.717, 1.165) is 12.3 Å². The van der Waals surface area contributed by atoms with Crippen molar-refractivity contribution < 1.29 is 26.6 Å². The molecule has 4 heteroatoms. The van der Waals surface area contributed by atoms with Crippen LogP contribution in [-0.4, -0.2) is 5.11 Å². The molecule has 1 aromatic heterocycles. The predicted molar refractivity (Wildman–Crippen MR) is 26.6 cm³/mol. The zero-order valence-electron chi connectivity index (χ0n) is 4.35. The van der Waals surface area contributed by atoms with E-state index in [9.17, 15) is 4.79 Å². The zero-order valence-corrected chi connectivity index (χ0v) is 5.45. The molecule has 0 saturated heterocycles. The molecule has 1 rings (SSSR count). The largest absolute Gasteiger partial charge is 2.00 e. The van der Waals surface area contributed by atoms with E-state index in [2.05, 4.69) is 4.42 Å². The molecule has 0 fully saturated rings. The van der Waals surface area contributed by atoms with E-state index in [0.29, 0.717) is 0 Å². The maximum atomic E-state index is 10.3. The zero-order chi connectivity index (χ0) is 5.98. The van der Waals surface area contributed by atoms with Crippen LogP contribution < -0.4 is 5.43 Å². The van der Waals surface area contributed by atoms with Gasteiger partial charge in [-0.1, -0.05) is 0 Å². The van der Waals surface area contributed by atoms with Crippen LogP contribution in [0.2, 0.25) is 0 Å². The van der Waals surface area contributed by atoms with E-state index in [-0.39, 0.29) is 22.8 Å². The average Bonchev–Trinajstić information content (AvgIpc) is 1.77. The van der Waals surface area contributed by atoms with Crippen LogP contribution in [0.3, 0.4) is 0 Å². The second-order valence-electron chi connectivity index (χ2n) is 1.31. The smallest absolute Gasteiger partial charge is 0.502 e. The Morgan fingerprint density at radius 1 is 1.56 bits per heavy atom. The number of hydrogen-bond donors (Lipinski definition) is 1. The molecule has 0 amide bonds. The molecule has 3 nitrogen and oxygen atoms in total. The molecule has 0 aliphatic rings. The quantitative estimate of drug-likeness (QED) is 0.568. The molecule has 48 valence electrons. The molecule has 1 aromatic rings. The van der Waals surface area contributed by atoms with Gasteiger partial charge in [0, 0.05) is 6.07 Å². The van der Waals surface area contributed by atoms with Crippen LogP contribution >= 0.6 is 0 Å². The molecule has 0 aliphatic carbocycles. The molecule has 1 N–H and O–H groups in total. The minimum absolute atomic E-state index is 0. The van der Waals surface area contributed by atoms with Gasteiger partial charge in [0.2, 0.25) is 5.43 Å². The predicted octanol–water partition coefficient (Wildman–Crippen LogP) is 0.343. The molecule has 0 aliphatic heterocycles. The van der Waals surface area contributed by atoms with Gasteiger partial charge >= 0.3 is 17.1 Å². The van der Waals surface area contributed by atoms with Gasteiger partial charge in [-0.15, -0.1) is 0 Å². The molecular weight excluding hydrogens is 164 g/mol. The summed E-state index contributed by atoms with van der Waals surface area (Å²) in [7, 11) is 0. The van der Waals surface area contributed by atoms with E-state index in [1.54, 1.807) is 0 Å². The molecular formula is C5H4FeO3+2. The first-order valence-corrected chi connectivity index (χ1v) is 2.06. The van der Waals surface area contributed by atoms with Gasteiger partial charge in [-0.05, 0) is 0 Å². The third-order valence-corrected chi connectivity index (χ3v) is 0.730. The fraction of sp³-hybridized carbons (Fsp3) is 0. The summed E-state index contributed by atoms with van der Waals surface area (Å²) in [6.07, 6.45) is 2.20. The van der Waals surface area contributed by atoms with Gasteiger partial charge in [0.1, 0.15) is 6.26 Å². The van der Waals surface area contributed by atoms with Crippen molar-refractivity contribution in [3.63, 3.8) is 0 Å². The van der Waals surface area contributed by atoms with Gasteiger partial charge in [0.25, 0.3) is 0 Å². The molecule has 0 atom stereocenters. The normalized spacial score (nSPS) is 8.00. The Bertz CT molecular complexity index is 230. The van der Waals surface area contributed by atoms with E-state index in [4.69, 9.17) is 5.11 Å². The van der Waals surface area contributed by atoms with Crippen molar-refractivity contribution in [1.82, 2.24) is 0 Å². The molecule has 0 aromatic carbocycles. The second kappa shape index (κ2) is 3.33. The first-order valence-electron chi connectivity index (χ1n) is 2.06. The SMILES string of the molecule is O=c1ccocc1O.[Fe+2]. The monoisotopic (exact) mass is 168 g/mol. The Kier molecular flexibility index (Phi) is 3.06. The second-order valence-corrected chi connectivity index (χ2v) is 1.31. The first kappa shape index (κ1) is 8.27. The molecule has 0 spiro atoms. The average molecular weight is 168 g/mol. The van der Waals surface area contributed by atoms with Gasteiger partial charge in [-0.3, -0.25) is 4.79 Å². The fourth-order valence-corrected chi connectivity index (χ4v) is 0.348. The van der Waals surface area contributed by atoms with Crippen LogP contribution in [0.15, 0.2) is 27.8 Å². The Morgan fingerprint density at radius 2 is 2.22 bits per heavy atom. The standard InChI is InChI=1S/C5H4O3.Fe/c6-4-1-2-8-3-5(4)7;/h1-3,7H;/q;+2. The van der Waals surface area contributed by atoms with Crippen LogP contribution in [0.4, 0.5) is 0 Å². The van der Waals surface area contributed by atoms with E-state index >= 15 is 0 Å². The maximum Gasteiger partial charge on any atom is 2.00 e. The van der Waals surface area contributed by atoms with Crippen LogP contribution in [0.1, 0.15) is 0 Å². The summed E-state index contributed by atoms with van der Waals surface area (Å²) in [4.78, 5) is 10.3. The summed E-state index contributed by atoms with van der Waals surface area (Å²) < 4.78 is 4.44. The molecule has 0 unspecified atom stereocenters. The van der Waals surface area contributed by atoms with Crippen molar-refractivity contribution in [2.45, 2.75) is 0 Å². The Hall–Kier alpha value is -0.731. The van der Waals surface area contributed by atoms with Crippen molar-refractivity contribution in [1.29, 1.82) is 0 Å².